The van der Waals surface area contributed by atoms with Gasteiger partial charge in [-0.2, -0.15) is 0 Å². The SMILES string of the molecule is CC[C@H](C)[C@H](N)C(=O)N1CCC(N2CCCC2)C1. The molecule has 2 heterocycles. The third-order valence-electron chi connectivity index (χ3n) is 4.67. The zero-order valence-electron chi connectivity index (χ0n) is 11.8. The van der Waals surface area contributed by atoms with Crippen LogP contribution in [0, 0.1) is 5.92 Å². The first-order chi connectivity index (χ1) is 8.63. The van der Waals surface area contributed by atoms with Gasteiger partial charge >= 0.3 is 0 Å². The third kappa shape index (κ3) is 2.86. The fourth-order valence-corrected chi connectivity index (χ4v) is 3.05. The van der Waals surface area contributed by atoms with Crippen molar-refractivity contribution in [2.24, 2.45) is 11.7 Å². The fourth-order valence-electron chi connectivity index (χ4n) is 3.05. The summed E-state index contributed by atoms with van der Waals surface area (Å²) in [6.45, 7) is 8.37. The molecule has 2 saturated heterocycles. The van der Waals surface area contributed by atoms with Crippen LogP contribution in [0.4, 0.5) is 0 Å². The van der Waals surface area contributed by atoms with Gasteiger partial charge in [-0.05, 0) is 38.3 Å². The van der Waals surface area contributed by atoms with Gasteiger partial charge in [0, 0.05) is 19.1 Å². The molecule has 0 aromatic heterocycles. The average molecular weight is 253 g/mol. The predicted molar refractivity (Wildman–Crippen MR) is 73.2 cm³/mol. The van der Waals surface area contributed by atoms with E-state index in [0.29, 0.717) is 6.04 Å². The van der Waals surface area contributed by atoms with Crippen molar-refractivity contribution < 1.29 is 4.79 Å². The van der Waals surface area contributed by atoms with Crippen LogP contribution in [0.5, 0.6) is 0 Å². The Balaban J connectivity index is 1.86. The zero-order chi connectivity index (χ0) is 13.1. The highest BCUT2D eigenvalue weighted by atomic mass is 16.2. The summed E-state index contributed by atoms with van der Waals surface area (Å²) in [5.41, 5.74) is 6.05. The molecule has 2 fully saturated rings. The summed E-state index contributed by atoms with van der Waals surface area (Å²) in [7, 11) is 0. The summed E-state index contributed by atoms with van der Waals surface area (Å²) in [5.74, 6) is 0.439. The molecule has 0 aromatic rings. The van der Waals surface area contributed by atoms with E-state index in [1.165, 1.54) is 25.9 Å². The first kappa shape index (κ1) is 13.8. The van der Waals surface area contributed by atoms with E-state index in [2.05, 4.69) is 18.7 Å². The van der Waals surface area contributed by atoms with E-state index in [4.69, 9.17) is 5.73 Å². The van der Waals surface area contributed by atoms with E-state index in [9.17, 15) is 4.79 Å². The lowest BCUT2D eigenvalue weighted by Gasteiger charge is -2.26. The van der Waals surface area contributed by atoms with Gasteiger partial charge in [-0.3, -0.25) is 9.69 Å². The standard InChI is InChI=1S/C14H27N3O/c1-3-11(2)13(15)14(18)17-9-6-12(10-17)16-7-4-5-8-16/h11-13H,3-10,15H2,1-2H3/t11-,12?,13-/m0/s1. The van der Waals surface area contributed by atoms with E-state index in [0.717, 1.165) is 25.9 Å². The van der Waals surface area contributed by atoms with Crippen LogP contribution < -0.4 is 5.73 Å². The van der Waals surface area contributed by atoms with Crippen LogP contribution in [0.2, 0.25) is 0 Å². The third-order valence-corrected chi connectivity index (χ3v) is 4.67. The topological polar surface area (TPSA) is 49.6 Å². The minimum atomic E-state index is -0.313. The number of carbonyl (C=O) groups is 1. The molecule has 0 aromatic carbocycles. The van der Waals surface area contributed by atoms with E-state index >= 15 is 0 Å². The van der Waals surface area contributed by atoms with Crippen LogP contribution in [-0.4, -0.2) is 54.0 Å². The molecule has 0 saturated carbocycles. The number of rotatable bonds is 4. The van der Waals surface area contributed by atoms with Crippen LogP contribution in [0.15, 0.2) is 0 Å². The van der Waals surface area contributed by atoms with E-state index in [-0.39, 0.29) is 17.9 Å². The zero-order valence-corrected chi connectivity index (χ0v) is 11.8. The van der Waals surface area contributed by atoms with Gasteiger partial charge in [-0.1, -0.05) is 20.3 Å². The van der Waals surface area contributed by atoms with Gasteiger partial charge in [0.15, 0.2) is 0 Å². The number of likely N-dealkylation sites (tertiary alicyclic amines) is 2. The maximum Gasteiger partial charge on any atom is 0.239 e. The lowest BCUT2D eigenvalue weighted by Crippen LogP contribution is -2.47. The molecule has 0 aliphatic carbocycles. The van der Waals surface area contributed by atoms with E-state index in [1.54, 1.807) is 0 Å². The highest BCUT2D eigenvalue weighted by molar-refractivity contribution is 5.82. The number of nitrogens with two attached hydrogens (primary N) is 1. The second kappa shape index (κ2) is 6.02. The van der Waals surface area contributed by atoms with Gasteiger partial charge in [0.05, 0.1) is 6.04 Å². The second-order valence-corrected chi connectivity index (χ2v) is 5.88. The second-order valence-electron chi connectivity index (χ2n) is 5.88. The summed E-state index contributed by atoms with van der Waals surface area (Å²) in [6.07, 6.45) is 4.73. The van der Waals surface area contributed by atoms with Crippen LogP contribution in [0.3, 0.4) is 0 Å². The van der Waals surface area contributed by atoms with Crippen LogP contribution >= 0.6 is 0 Å². The number of nitrogens with zero attached hydrogens (tertiary/aromatic N) is 2. The van der Waals surface area contributed by atoms with Gasteiger partial charge in [0.25, 0.3) is 0 Å². The van der Waals surface area contributed by atoms with Crippen LogP contribution in [0.25, 0.3) is 0 Å². The number of hydrogen-bond donors (Lipinski definition) is 1. The molecule has 1 amide bonds. The number of hydrogen-bond acceptors (Lipinski definition) is 3. The summed E-state index contributed by atoms with van der Waals surface area (Å²) in [5, 5.41) is 0. The van der Waals surface area contributed by atoms with Crippen molar-refractivity contribution in [2.45, 2.75) is 51.6 Å². The minimum absolute atomic E-state index is 0.158. The van der Waals surface area contributed by atoms with Crippen molar-refractivity contribution in [3.05, 3.63) is 0 Å². The molecular weight excluding hydrogens is 226 g/mol. The summed E-state index contributed by atoms with van der Waals surface area (Å²) < 4.78 is 0. The Kier molecular flexibility index (Phi) is 4.62. The minimum Gasteiger partial charge on any atom is -0.340 e. The molecule has 2 N–H and O–H groups in total. The normalized spacial score (nSPS) is 28.6. The monoisotopic (exact) mass is 253 g/mol. The molecule has 3 atom stereocenters. The molecule has 4 nitrogen and oxygen atoms in total. The lowest BCUT2D eigenvalue weighted by molar-refractivity contribution is -0.132. The van der Waals surface area contributed by atoms with Gasteiger partial charge in [0.1, 0.15) is 0 Å². The first-order valence-corrected chi connectivity index (χ1v) is 7.42. The highest BCUT2D eigenvalue weighted by Crippen LogP contribution is 2.21. The van der Waals surface area contributed by atoms with Gasteiger partial charge < -0.3 is 10.6 Å². The number of carbonyl (C=O) groups excluding carboxylic acids is 1. The van der Waals surface area contributed by atoms with Gasteiger partial charge in [-0.25, -0.2) is 0 Å². The fraction of sp³-hybridized carbons (Fsp3) is 0.929. The maximum absolute atomic E-state index is 12.3. The first-order valence-electron chi connectivity index (χ1n) is 7.42. The van der Waals surface area contributed by atoms with Crippen molar-refractivity contribution in [3.63, 3.8) is 0 Å². The molecular formula is C14H27N3O. The quantitative estimate of drug-likeness (QED) is 0.815. The molecule has 0 radical (unpaired) electrons. The molecule has 4 heteroatoms. The van der Waals surface area contributed by atoms with Crippen LogP contribution in [0.1, 0.15) is 39.5 Å². The molecule has 18 heavy (non-hydrogen) atoms. The van der Waals surface area contributed by atoms with Crippen LogP contribution in [-0.2, 0) is 4.79 Å². The van der Waals surface area contributed by atoms with E-state index < -0.39 is 0 Å². The Bertz CT molecular complexity index is 289. The highest BCUT2D eigenvalue weighted by Gasteiger charge is 2.34. The predicted octanol–water partition coefficient (Wildman–Crippen LogP) is 1.06. The molecule has 1 unspecified atom stereocenters. The number of amides is 1. The molecule has 0 bridgehead atoms. The smallest absolute Gasteiger partial charge is 0.239 e. The average Bonchev–Trinajstić information content (AvgIpc) is 3.05. The molecule has 104 valence electrons. The van der Waals surface area contributed by atoms with Crippen molar-refractivity contribution in [1.82, 2.24) is 9.80 Å². The Hall–Kier alpha value is -0.610. The Labute approximate surface area is 110 Å². The Morgan fingerprint density at radius 2 is 2.00 bits per heavy atom. The molecule has 2 rings (SSSR count). The van der Waals surface area contributed by atoms with Crippen molar-refractivity contribution in [1.29, 1.82) is 0 Å². The molecule has 0 spiro atoms. The summed E-state index contributed by atoms with van der Waals surface area (Å²) in [4.78, 5) is 16.8. The largest absolute Gasteiger partial charge is 0.340 e. The van der Waals surface area contributed by atoms with Crippen molar-refractivity contribution in [3.8, 4) is 0 Å². The van der Waals surface area contributed by atoms with Gasteiger partial charge in [0.2, 0.25) is 5.91 Å². The Morgan fingerprint density at radius 1 is 1.33 bits per heavy atom. The van der Waals surface area contributed by atoms with Crippen molar-refractivity contribution >= 4 is 5.91 Å². The van der Waals surface area contributed by atoms with Gasteiger partial charge in [-0.15, -0.1) is 0 Å². The maximum atomic E-state index is 12.3. The summed E-state index contributed by atoms with van der Waals surface area (Å²) in [6, 6.07) is 0.271. The lowest BCUT2D eigenvalue weighted by atomic mass is 9.99. The van der Waals surface area contributed by atoms with E-state index in [1.807, 2.05) is 4.90 Å². The summed E-state index contributed by atoms with van der Waals surface area (Å²) >= 11 is 0. The molecule has 2 aliphatic heterocycles. The van der Waals surface area contributed by atoms with Crippen molar-refractivity contribution in [2.75, 3.05) is 26.2 Å². The molecule has 2 aliphatic rings. The Morgan fingerprint density at radius 3 is 2.61 bits per heavy atom.